The molecular formula is C19H25ClN2OS. The third-order valence-electron chi connectivity index (χ3n) is 3.68. The van der Waals surface area contributed by atoms with Gasteiger partial charge in [-0.15, -0.1) is 11.8 Å². The summed E-state index contributed by atoms with van der Waals surface area (Å²) in [6.45, 7) is 5.91. The molecule has 0 radical (unpaired) electrons. The number of benzene rings is 2. The second kappa shape index (κ2) is 8.24. The summed E-state index contributed by atoms with van der Waals surface area (Å²) >= 11 is 7.86. The van der Waals surface area contributed by atoms with Crippen LogP contribution in [0.1, 0.15) is 13.8 Å². The highest BCUT2D eigenvalue weighted by atomic mass is 35.5. The Hall–Kier alpha value is -1.23. The maximum Gasteiger partial charge on any atom is 0.230 e. The third-order valence-corrected chi connectivity index (χ3v) is 5.06. The number of thioether (sulfide) groups is 1. The van der Waals surface area contributed by atoms with E-state index in [9.17, 15) is 4.79 Å². The van der Waals surface area contributed by atoms with Gasteiger partial charge in [0.15, 0.2) is 0 Å². The van der Waals surface area contributed by atoms with E-state index in [1.165, 1.54) is 11.8 Å². The van der Waals surface area contributed by atoms with Crippen LogP contribution in [0.5, 0.6) is 0 Å². The summed E-state index contributed by atoms with van der Waals surface area (Å²) in [5, 5.41) is 5.88. The highest BCUT2D eigenvalue weighted by Crippen LogP contribution is 2.33. The largest absolute Gasteiger partial charge is 0.355 e. The van der Waals surface area contributed by atoms with Gasteiger partial charge in [0.25, 0.3) is 0 Å². The molecule has 3 nitrogen and oxygen atoms in total. The average Bonchev–Trinajstić information content (AvgIpc) is 2.50. The number of fused-ring (bicyclic) bond motifs is 1. The van der Waals surface area contributed by atoms with E-state index in [-0.39, 0.29) is 11.3 Å². The lowest BCUT2D eigenvalue weighted by atomic mass is 9.93. The van der Waals surface area contributed by atoms with Crippen LogP contribution in [0.3, 0.4) is 0 Å². The maximum atomic E-state index is 12.2. The Morgan fingerprint density at radius 3 is 2.54 bits per heavy atom. The Morgan fingerprint density at radius 1 is 1.21 bits per heavy atom. The minimum atomic E-state index is 0.0482. The fourth-order valence-electron chi connectivity index (χ4n) is 2.83. The van der Waals surface area contributed by atoms with Gasteiger partial charge in [0.1, 0.15) is 0 Å². The first kappa shape index (κ1) is 19.1. The lowest BCUT2D eigenvalue weighted by Gasteiger charge is -2.28. The Morgan fingerprint density at radius 2 is 1.88 bits per heavy atom. The molecule has 2 rings (SSSR count). The highest BCUT2D eigenvalue weighted by molar-refractivity contribution is 8.00. The fourth-order valence-corrected chi connectivity index (χ4v) is 4.10. The summed E-state index contributed by atoms with van der Waals surface area (Å²) in [6.07, 6.45) is 0. The van der Waals surface area contributed by atoms with E-state index < -0.39 is 0 Å². The van der Waals surface area contributed by atoms with Crippen molar-refractivity contribution in [2.24, 2.45) is 5.41 Å². The minimum absolute atomic E-state index is 0.0482. The van der Waals surface area contributed by atoms with Crippen molar-refractivity contribution in [3.63, 3.8) is 0 Å². The average molecular weight is 365 g/mol. The number of nitrogens with zero attached hydrogens (tertiary/aromatic N) is 1. The monoisotopic (exact) mass is 364 g/mol. The first-order chi connectivity index (χ1) is 11.3. The van der Waals surface area contributed by atoms with Crippen LogP contribution in [0.25, 0.3) is 10.8 Å². The van der Waals surface area contributed by atoms with E-state index in [0.29, 0.717) is 12.3 Å². The Labute approximate surface area is 153 Å². The molecule has 0 unspecified atom stereocenters. The molecule has 0 atom stereocenters. The van der Waals surface area contributed by atoms with Crippen LogP contribution in [-0.4, -0.2) is 43.7 Å². The Kier molecular flexibility index (Phi) is 6.55. The van der Waals surface area contributed by atoms with Crippen LogP contribution >= 0.6 is 23.4 Å². The molecule has 0 aromatic heterocycles. The van der Waals surface area contributed by atoms with Gasteiger partial charge < -0.3 is 10.2 Å². The van der Waals surface area contributed by atoms with Crippen molar-refractivity contribution in [2.45, 2.75) is 18.7 Å². The molecule has 1 amide bonds. The molecule has 0 spiro atoms. The van der Waals surface area contributed by atoms with Crippen LogP contribution < -0.4 is 5.32 Å². The van der Waals surface area contributed by atoms with E-state index in [0.717, 1.165) is 27.2 Å². The molecule has 0 saturated carbocycles. The first-order valence-corrected chi connectivity index (χ1v) is 9.36. The normalized spacial score (nSPS) is 11.9. The fraction of sp³-hybridized carbons (Fsp3) is 0.421. The van der Waals surface area contributed by atoms with Gasteiger partial charge in [0, 0.05) is 28.4 Å². The van der Waals surface area contributed by atoms with Gasteiger partial charge >= 0.3 is 0 Å². The number of hydrogen-bond acceptors (Lipinski definition) is 3. The second-order valence-electron chi connectivity index (χ2n) is 7.06. The maximum absolute atomic E-state index is 12.2. The number of nitrogens with one attached hydrogen (secondary N) is 1. The van der Waals surface area contributed by atoms with E-state index in [1.54, 1.807) is 0 Å². The highest BCUT2D eigenvalue weighted by Gasteiger charge is 2.19. The predicted octanol–water partition coefficient (Wildman–Crippen LogP) is 4.29. The van der Waals surface area contributed by atoms with Crippen molar-refractivity contribution in [3.05, 3.63) is 41.4 Å². The minimum Gasteiger partial charge on any atom is -0.355 e. The number of carbonyl (C=O) groups is 1. The predicted molar refractivity (Wildman–Crippen MR) is 105 cm³/mol. The van der Waals surface area contributed by atoms with Gasteiger partial charge in [0.05, 0.1) is 5.75 Å². The second-order valence-corrected chi connectivity index (χ2v) is 8.49. The van der Waals surface area contributed by atoms with Gasteiger partial charge in [-0.3, -0.25) is 4.79 Å². The number of halogens is 1. The van der Waals surface area contributed by atoms with E-state index in [2.05, 4.69) is 24.1 Å². The molecule has 2 aromatic rings. The molecule has 0 fully saturated rings. The van der Waals surface area contributed by atoms with Crippen molar-refractivity contribution < 1.29 is 4.79 Å². The van der Waals surface area contributed by atoms with Gasteiger partial charge in [-0.1, -0.05) is 49.7 Å². The van der Waals surface area contributed by atoms with Crippen LogP contribution in [-0.2, 0) is 4.79 Å². The lowest BCUT2D eigenvalue weighted by molar-refractivity contribution is -0.119. The van der Waals surface area contributed by atoms with E-state index in [4.69, 9.17) is 11.6 Å². The van der Waals surface area contributed by atoms with Crippen LogP contribution in [0.15, 0.2) is 41.3 Å². The molecule has 1 N–H and O–H groups in total. The number of rotatable bonds is 7. The van der Waals surface area contributed by atoms with Gasteiger partial charge in [-0.05, 0) is 37.0 Å². The summed E-state index contributed by atoms with van der Waals surface area (Å²) in [5.41, 5.74) is 0.0482. The summed E-state index contributed by atoms with van der Waals surface area (Å²) < 4.78 is 0. The standard InChI is InChI=1S/C19H25ClN2OS/c1-19(2,13-22(3)4)12-21-17(23)11-24-16-10-6-8-14-7-5-9-15(20)18(14)16/h5-10H,11-13H2,1-4H3,(H,21,23). The number of hydrogen-bond donors (Lipinski definition) is 1. The summed E-state index contributed by atoms with van der Waals surface area (Å²) in [5.74, 6) is 0.443. The van der Waals surface area contributed by atoms with Crippen molar-refractivity contribution in [2.75, 3.05) is 32.9 Å². The molecule has 130 valence electrons. The first-order valence-electron chi connectivity index (χ1n) is 8.00. The molecule has 0 heterocycles. The zero-order valence-electron chi connectivity index (χ0n) is 14.7. The van der Waals surface area contributed by atoms with Crippen LogP contribution in [0, 0.1) is 5.41 Å². The van der Waals surface area contributed by atoms with Crippen molar-refractivity contribution in [3.8, 4) is 0 Å². The molecule has 2 aromatic carbocycles. The molecule has 5 heteroatoms. The summed E-state index contributed by atoms with van der Waals surface area (Å²) in [7, 11) is 4.09. The van der Waals surface area contributed by atoms with Gasteiger partial charge in [0.2, 0.25) is 5.91 Å². The molecule has 0 bridgehead atoms. The zero-order chi connectivity index (χ0) is 17.7. The van der Waals surface area contributed by atoms with Crippen LogP contribution in [0.2, 0.25) is 5.02 Å². The van der Waals surface area contributed by atoms with Gasteiger partial charge in [-0.2, -0.15) is 0 Å². The van der Waals surface area contributed by atoms with Crippen molar-refractivity contribution in [1.82, 2.24) is 10.2 Å². The van der Waals surface area contributed by atoms with Crippen molar-refractivity contribution >= 4 is 40.0 Å². The number of carbonyl (C=O) groups excluding carboxylic acids is 1. The quantitative estimate of drug-likeness (QED) is 0.744. The molecule has 0 aliphatic heterocycles. The summed E-state index contributed by atoms with van der Waals surface area (Å²) in [6, 6.07) is 11.9. The SMILES string of the molecule is CN(C)CC(C)(C)CNC(=O)CSc1cccc2cccc(Cl)c12. The lowest BCUT2D eigenvalue weighted by Crippen LogP contribution is -2.40. The van der Waals surface area contributed by atoms with E-state index >= 15 is 0 Å². The van der Waals surface area contributed by atoms with Gasteiger partial charge in [-0.25, -0.2) is 0 Å². The van der Waals surface area contributed by atoms with Crippen molar-refractivity contribution in [1.29, 1.82) is 0 Å². The third kappa shape index (κ3) is 5.40. The van der Waals surface area contributed by atoms with E-state index in [1.807, 2.05) is 50.5 Å². The molecule has 0 saturated heterocycles. The zero-order valence-corrected chi connectivity index (χ0v) is 16.3. The molecule has 0 aliphatic carbocycles. The molecular weight excluding hydrogens is 340 g/mol. The summed E-state index contributed by atoms with van der Waals surface area (Å²) in [4.78, 5) is 15.4. The number of amides is 1. The Bertz CT molecular complexity index is 710. The topological polar surface area (TPSA) is 32.3 Å². The smallest absolute Gasteiger partial charge is 0.230 e. The van der Waals surface area contributed by atoms with Crippen LogP contribution in [0.4, 0.5) is 0 Å². The Balaban J connectivity index is 1.95. The molecule has 0 aliphatic rings. The molecule has 24 heavy (non-hydrogen) atoms.